The van der Waals surface area contributed by atoms with Crippen LogP contribution in [0.5, 0.6) is 28.7 Å². The third-order valence-electron chi connectivity index (χ3n) is 3.36. The third-order valence-corrected chi connectivity index (χ3v) is 3.36. The van der Waals surface area contributed by atoms with Crippen LogP contribution >= 0.6 is 7.82 Å². The minimum absolute atomic E-state index is 0.0968. The first-order valence-corrected chi connectivity index (χ1v) is 9.32. The van der Waals surface area contributed by atoms with Crippen molar-refractivity contribution in [2.75, 3.05) is 28.4 Å². The van der Waals surface area contributed by atoms with Gasteiger partial charge in [0, 0.05) is 0 Å². The normalized spacial score (nSPS) is 10.8. The molecule has 2 aromatic carbocycles. The zero-order valence-corrected chi connectivity index (χ0v) is 16.7. The molecule has 0 amide bonds. The smallest absolute Gasteiger partial charge is 0.466 e. The Labute approximate surface area is 162 Å². The summed E-state index contributed by atoms with van der Waals surface area (Å²) < 4.78 is 29.9. The number of rotatable bonds is 6. The number of hydrogen-bond acceptors (Lipinski definition) is 6. The molecule has 0 saturated heterocycles. The van der Waals surface area contributed by atoms with Crippen molar-refractivity contribution in [1.82, 2.24) is 0 Å². The first kappa shape index (κ1) is 23.3. The van der Waals surface area contributed by atoms with Gasteiger partial charge in [-0.15, -0.1) is 0 Å². The van der Waals surface area contributed by atoms with Crippen LogP contribution in [0.3, 0.4) is 0 Å². The fourth-order valence-corrected chi connectivity index (χ4v) is 2.20. The van der Waals surface area contributed by atoms with Crippen LogP contribution in [0, 0.1) is 0 Å². The topological polar surface area (TPSA) is 135 Å². The van der Waals surface area contributed by atoms with Crippen molar-refractivity contribution in [2.45, 2.75) is 0 Å². The second kappa shape index (κ2) is 10.6. The van der Waals surface area contributed by atoms with Crippen molar-refractivity contribution >= 4 is 20.0 Å². The lowest BCUT2D eigenvalue weighted by Gasteiger charge is -2.12. The van der Waals surface area contributed by atoms with Gasteiger partial charge in [-0.25, -0.2) is 4.57 Å². The van der Waals surface area contributed by atoms with Gasteiger partial charge in [-0.2, -0.15) is 0 Å². The fourth-order valence-electron chi connectivity index (χ4n) is 2.20. The Morgan fingerprint density at radius 1 is 0.750 bits per heavy atom. The maximum absolute atomic E-state index is 9.81. The van der Waals surface area contributed by atoms with Crippen molar-refractivity contribution in [3.63, 3.8) is 0 Å². The molecule has 0 unspecified atom stereocenters. The molecule has 28 heavy (non-hydrogen) atoms. The zero-order valence-electron chi connectivity index (χ0n) is 15.8. The average molecular weight is 414 g/mol. The quantitative estimate of drug-likeness (QED) is 0.416. The van der Waals surface area contributed by atoms with E-state index in [-0.39, 0.29) is 5.75 Å². The Balaban J connectivity index is 0.000000696. The van der Waals surface area contributed by atoms with Crippen LogP contribution in [-0.4, -0.2) is 48.2 Å². The van der Waals surface area contributed by atoms with Crippen LogP contribution < -0.4 is 18.9 Å². The Morgan fingerprint density at radius 3 is 1.61 bits per heavy atom. The summed E-state index contributed by atoms with van der Waals surface area (Å²) in [4.78, 5) is 21.6. The lowest BCUT2D eigenvalue weighted by molar-refractivity contribution is 0.275. The Bertz CT molecular complexity index is 825. The molecule has 2 aromatic rings. The molecule has 9 nitrogen and oxygen atoms in total. The van der Waals surface area contributed by atoms with Crippen molar-refractivity contribution in [2.24, 2.45) is 0 Å². The number of aromatic hydroxyl groups is 1. The van der Waals surface area contributed by atoms with Gasteiger partial charge in [0.25, 0.3) is 0 Å². The van der Waals surface area contributed by atoms with E-state index < -0.39 is 7.82 Å². The second-order valence-corrected chi connectivity index (χ2v) is 6.26. The molecular formula is C18H23O9P. The summed E-state index contributed by atoms with van der Waals surface area (Å²) in [6.07, 6.45) is 3.77. The molecule has 0 aromatic heterocycles. The lowest BCUT2D eigenvalue weighted by atomic mass is 10.1. The molecule has 0 atom stereocenters. The summed E-state index contributed by atoms with van der Waals surface area (Å²) >= 11 is 0. The van der Waals surface area contributed by atoms with Crippen LogP contribution in [0.25, 0.3) is 12.2 Å². The molecule has 154 valence electrons. The second-order valence-electron chi connectivity index (χ2n) is 5.24. The minimum Gasteiger partial charge on any atom is -0.504 e. The van der Waals surface area contributed by atoms with Crippen molar-refractivity contribution in [3.8, 4) is 28.7 Å². The third kappa shape index (κ3) is 7.50. The van der Waals surface area contributed by atoms with E-state index in [9.17, 15) is 5.11 Å². The van der Waals surface area contributed by atoms with Gasteiger partial charge in [0.2, 0.25) is 5.75 Å². The van der Waals surface area contributed by atoms with Crippen LogP contribution in [0.4, 0.5) is 0 Å². The van der Waals surface area contributed by atoms with E-state index in [1.807, 2.05) is 30.4 Å². The molecule has 0 radical (unpaired) electrons. The van der Waals surface area contributed by atoms with Crippen LogP contribution in [0.15, 0.2) is 30.3 Å². The highest BCUT2D eigenvalue weighted by Crippen LogP contribution is 2.38. The Kier molecular flexibility index (Phi) is 8.81. The van der Waals surface area contributed by atoms with E-state index in [4.69, 9.17) is 38.2 Å². The molecule has 4 N–H and O–H groups in total. The molecule has 0 aliphatic rings. The summed E-state index contributed by atoms with van der Waals surface area (Å²) in [6.45, 7) is 0. The van der Waals surface area contributed by atoms with Gasteiger partial charge in [0.1, 0.15) is 0 Å². The standard InChI is InChI=1S/C18H20O5.H3O4P/c1-20-15-8-7-12(9-14(15)19)5-6-13-10-16(21-2)18(23-4)17(11-13)22-3;1-5(2,3)4/h5-11,19H,1-4H3;(H3,1,2,3,4). The van der Waals surface area contributed by atoms with Gasteiger partial charge in [-0.3, -0.25) is 0 Å². The molecule has 0 heterocycles. The number of phosphoric acid groups is 1. The van der Waals surface area contributed by atoms with E-state index in [0.717, 1.165) is 11.1 Å². The number of hydrogen-bond donors (Lipinski definition) is 4. The van der Waals surface area contributed by atoms with Crippen molar-refractivity contribution < 1.29 is 43.3 Å². The number of benzene rings is 2. The van der Waals surface area contributed by atoms with Gasteiger partial charge in [-0.05, 0) is 35.4 Å². The summed E-state index contributed by atoms with van der Waals surface area (Å²) in [5.41, 5.74) is 1.73. The van der Waals surface area contributed by atoms with Gasteiger partial charge >= 0.3 is 7.82 Å². The maximum Gasteiger partial charge on any atom is 0.466 e. The van der Waals surface area contributed by atoms with Crippen molar-refractivity contribution in [1.29, 1.82) is 0 Å². The molecular weight excluding hydrogens is 391 g/mol. The molecule has 0 bridgehead atoms. The molecule has 0 fully saturated rings. The highest BCUT2D eigenvalue weighted by Gasteiger charge is 2.12. The van der Waals surface area contributed by atoms with Crippen LogP contribution in [-0.2, 0) is 4.57 Å². The molecule has 2 rings (SSSR count). The summed E-state index contributed by atoms with van der Waals surface area (Å²) in [5, 5.41) is 9.81. The SMILES string of the molecule is COc1ccc(C=Cc2cc(OC)c(OC)c(OC)c2)cc1O.O=P(O)(O)O. The monoisotopic (exact) mass is 414 g/mol. The lowest BCUT2D eigenvalue weighted by Crippen LogP contribution is -1.95. The van der Waals surface area contributed by atoms with Crippen LogP contribution in [0.2, 0.25) is 0 Å². The zero-order chi connectivity index (χ0) is 21.3. The van der Waals surface area contributed by atoms with Gasteiger partial charge in [0.05, 0.1) is 28.4 Å². The Hall–Kier alpha value is -2.71. The first-order valence-electron chi connectivity index (χ1n) is 7.76. The predicted octanol–water partition coefficient (Wildman–Crippen LogP) is 2.67. The van der Waals surface area contributed by atoms with Gasteiger partial charge in [0.15, 0.2) is 23.0 Å². The van der Waals surface area contributed by atoms with E-state index in [2.05, 4.69) is 0 Å². The predicted molar refractivity (Wildman–Crippen MR) is 104 cm³/mol. The highest BCUT2D eigenvalue weighted by molar-refractivity contribution is 7.45. The number of phenols is 1. The summed E-state index contributed by atoms with van der Waals surface area (Å²) in [5.74, 6) is 2.26. The van der Waals surface area contributed by atoms with E-state index in [1.54, 1.807) is 33.5 Å². The fraction of sp³-hybridized carbons (Fsp3) is 0.222. The largest absolute Gasteiger partial charge is 0.504 e. The average Bonchev–Trinajstić information content (AvgIpc) is 2.64. The van der Waals surface area contributed by atoms with Crippen LogP contribution in [0.1, 0.15) is 11.1 Å². The number of phenolic OH excluding ortho intramolecular Hbond substituents is 1. The molecule has 0 spiro atoms. The molecule has 10 heteroatoms. The van der Waals surface area contributed by atoms with E-state index in [1.165, 1.54) is 7.11 Å². The number of methoxy groups -OCH3 is 4. The summed E-state index contributed by atoms with van der Waals surface area (Å²) in [6, 6.07) is 8.90. The van der Waals surface area contributed by atoms with Gasteiger partial charge < -0.3 is 38.7 Å². The number of ether oxygens (including phenoxy) is 4. The first-order chi connectivity index (χ1) is 13.1. The molecule has 0 aliphatic carbocycles. The van der Waals surface area contributed by atoms with E-state index >= 15 is 0 Å². The van der Waals surface area contributed by atoms with E-state index in [0.29, 0.717) is 23.0 Å². The minimum atomic E-state index is -4.64. The van der Waals surface area contributed by atoms with Gasteiger partial charge in [-0.1, -0.05) is 18.2 Å². The summed E-state index contributed by atoms with van der Waals surface area (Å²) in [7, 11) is 1.59. The Morgan fingerprint density at radius 2 is 1.21 bits per heavy atom. The van der Waals surface area contributed by atoms with Crippen molar-refractivity contribution in [3.05, 3.63) is 41.5 Å². The molecule has 0 aliphatic heterocycles. The maximum atomic E-state index is 9.81. The molecule has 0 saturated carbocycles. The highest BCUT2D eigenvalue weighted by atomic mass is 31.2.